The Bertz CT molecular complexity index is 1240. The molecule has 0 radical (unpaired) electrons. The number of aromatic hydroxyl groups is 3. The fourth-order valence-electron chi connectivity index (χ4n) is 2.43. The van der Waals surface area contributed by atoms with E-state index in [1.54, 1.807) is 12.1 Å². The second-order valence-corrected chi connectivity index (χ2v) is 8.81. The van der Waals surface area contributed by atoms with Gasteiger partial charge < -0.3 is 15.3 Å². The zero-order valence-corrected chi connectivity index (χ0v) is 18.1. The molecule has 0 heterocycles. The van der Waals surface area contributed by atoms with E-state index >= 15 is 0 Å². The number of benzene rings is 3. The third-order valence-corrected chi connectivity index (χ3v) is 5.98. The number of halogens is 1. The molecule has 31 heavy (non-hydrogen) atoms. The third kappa shape index (κ3) is 5.32. The van der Waals surface area contributed by atoms with Crippen molar-refractivity contribution in [1.82, 2.24) is 5.43 Å². The summed E-state index contributed by atoms with van der Waals surface area (Å²) in [5.74, 6) is -2.35. The van der Waals surface area contributed by atoms with E-state index in [1.807, 2.05) is 0 Å². The van der Waals surface area contributed by atoms with Crippen LogP contribution in [-0.4, -0.2) is 35.9 Å². The lowest BCUT2D eigenvalue weighted by molar-refractivity contribution is 0.0955. The largest absolute Gasteiger partial charge is 0.504 e. The molecule has 0 spiro atoms. The van der Waals surface area contributed by atoms with Crippen molar-refractivity contribution in [3.05, 3.63) is 76.3 Å². The molecule has 160 valence electrons. The first-order valence-electron chi connectivity index (χ1n) is 8.63. The van der Waals surface area contributed by atoms with Crippen molar-refractivity contribution in [2.24, 2.45) is 5.10 Å². The zero-order valence-electron chi connectivity index (χ0n) is 15.7. The Morgan fingerprint density at radius 1 is 0.903 bits per heavy atom. The predicted octanol–water partition coefficient (Wildman–Crippen LogP) is 3.13. The molecule has 3 aromatic rings. The predicted molar refractivity (Wildman–Crippen MR) is 118 cm³/mol. The maximum Gasteiger partial charge on any atom is 0.271 e. The van der Waals surface area contributed by atoms with Crippen LogP contribution in [-0.2, 0) is 10.0 Å². The highest BCUT2D eigenvalue weighted by Crippen LogP contribution is 2.36. The summed E-state index contributed by atoms with van der Waals surface area (Å²) in [6.45, 7) is 0. The van der Waals surface area contributed by atoms with Crippen molar-refractivity contribution in [2.75, 3.05) is 4.72 Å². The van der Waals surface area contributed by atoms with Gasteiger partial charge in [-0.15, -0.1) is 0 Å². The maximum atomic E-state index is 12.4. The number of hydrazone groups is 1. The van der Waals surface area contributed by atoms with Gasteiger partial charge >= 0.3 is 0 Å². The molecule has 0 saturated carbocycles. The van der Waals surface area contributed by atoms with Crippen LogP contribution in [0.1, 0.15) is 15.9 Å². The first-order valence-corrected chi connectivity index (χ1v) is 10.9. The van der Waals surface area contributed by atoms with Gasteiger partial charge in [-0.25, -0.2) is 13.8 Å². The number of phenols is 3. The van der Waals surface area contributed by atoms with Crippen molar-refractivity contribution < 1.29 is 28.5 Å². The van der Waals surface area contributed by atoms with Crippen molar-refractivity contribution in [3.63, 3.8) is 0 Å². The Hall–Kier alpha value is -3.57. The van der Waals surface area contributed by atoms with E-state index in [9.17, 15) is 28.5 Å². The lowest BCUT2D eigenvalue weighted by Gasteiger charge is -2.09. The molecule has 11 heteroatoms. The minimum absolute atomic E-state index is 0.0771. The Labute approximate surface area is 185 Å². The number of phenolic OH excluding ortho intramolecular Hbond substituents is 3. The highest BCUT2D eigenvalue weighted by atomic mass is 79.9. The van der Waals surface area contributed by atoms with Gasteiger partial charge in [-0.05, 0) is 60.7 Å². The standard InChI is InChI=1S/C20H16BrN3O6S/c21-14-4-8-16(9-5-14)31(29,30)24-15-6-1-12(2-7-15)20(28)23-22-11-13-3-10-17(25)19(27)18(13)26/h1-11,24-27H,(H,23,28)/b22-11+. The van der Waals surface area contributed by atoms with Gasteiger partial charge in [0.1, 0.15) is 0 Å². The molecule has 0 bridgehead atoms. The second-order valence-electron chi connectivity index (χ2n) is 6.21. The fourth-order valence-corrected chi connectivity index (χ4v) is 3.75. The summed E-state index contributed by atoms with van der Waals surface area (Å²) >= 11 is 3.24. The van der Waals surface area contributed by atoms with Crippen LogP contribution in [0.4, 0.5) is 5.69 Å². The monoisotopic (exact) mass is 505 g/mol. The molecule has 0 unspecified atom stereocenters. The molecule has 0 fully saturated rings. The summed E-state index contributed by atoms with van der Waals surface area (Å²) in [6.07, 6.45) is 1.09. The average molecular weight is 506 g/mol. The first kappa shape index (κ1) is 22.1. The van der Waals surface area contributed by atoms with Crippen LogP contribution in [0.15, 0.2) is 75.1 Å². The van der Waals surface area contributed by atoms with Crippen LogP contribution >= 0.6 is 15.9 Å². The average Bonchev–Trinajstić information content (AvgIpc) is 2.74. The highest BCUT2D eigenvalue weighted by Gasteiger charge is 2.14. The van der Waals surface area contributed by atoms with Gasteiger partial charge in [0.05, 0.1) is 11.1 Å². The molecule has 0 aliphatic carbocycles. The number of anilines is 1. The third-order valence-electron chi connectivity index (χ3n) is 4.05. The summed E-state index contributed by atoms with van der Waals surface area (Å²) in [6, 6.07) is 14.3. The van der Waals surface area contributed by atoms with E-state index in [2.05, 4.69) is 31.2 Å². The molecule has 0 aromatic heterocycles. The van der Waals surface area contributed by atoms with E-state index in [1.165, 1.54) is 42.5 Å². The van der Waals surface area contributed by atoms with Crippen molar-refractivity contribution in [3.8, 4) is 17.2 Å². The quantitative estimate of drug-likeness (QED) is 0.197. The number of carbonyl (C=O) groups excluding carboxylic acids is 1. The molecule has 3 rings (SSSR count). The van der Waals surface area contributed by atoms with Crippen LogP contribution in [0.25, 0.3) is 0 Å². The van der Waals surface area contributed by atoms with E-state index in [4.69, 9.17) is 0 Å². The number of hydrogen-bond acceptors (Lipinski definition) is 7. The molecule has 0 aliphatic rings. The summed E-state index contributed by atoms with van der Waals surface area (Å²) in [5.41, 5.74) is 2.80. The first-order chi connectivity index (χ1) is 14.7. The second kappa shape index (κ2) is 9.06. The summed E-state index contributed by atoms with van der Waals surface area (Å²) < 4.78 is 28.0. The van der Waals surface area contributed by atoms with Crippen LogP contribution in [0.5, 0.6) is 17.2 Å². The van der Waals surface area contributed by atoms with E-state index in [0.29, 0.717) is 0 Å². The summed E-state index contributed by atoms with van der Waals surface area (Å²) in [5, 5.41) is 32.1. The van der Waals surface area contributed by atoms with E-state index < -0.39 is 33.2 Å². The summed E-state index contributed by atoms with van der Waals surface area (Å²) in [4.78, 5) is 12.3. The van der Waals surface area contributed by atoms with Gasteiger partial charge in [0.2, 0.25) is 5.75 Å². The van der Waals surface area contributed by atoms with E-state index in [0.717, 1.165) is 16.8 Å². The minimum Gasteiger partial charge on any atom is -0.504 e. The number of rotatable bonds is 6. The normalized spacial score (nSPS) is 11.4. The SMILES string of the molecule is O=C(N/N=C/c1ccc(O)c(O)c1O)c1ccc(NS(=O)(=O)c2ccc(Br)cc2)cc1. The Kier molecular flexibility index (Phi) is 6.47. The Morgan fingerprint density at radius 3 is 2.19 bits per heavy atom. The van der Waals surface area contributed by atoms with Crippen molar-refractivity contribution >= 4 is 43.8 Å². The van der Waals surface area contributed by atoms with Gasteiger partial charge in [0.15, 0.2) is 11.5 Å². The number of amides is 1. The van der Waals surface area contributed by atoms with Crippen LogP contribution < -0.4 is 10.1 Å². The molecular weight excluding hydrogens is 490 g/mol. The lowest BCUT2D eigenvalue weighted by Crippen LogP contribution is -2.18. The number of nitrogens with one attached hydrogen (secondary N) is 2. The van der Waals surface area contributed by atoms with Gasteiger partial charge in [0, 0.05) is 21.3 Å². The maximum absolute atomic E-state index is 12.4. The molecule has 0 saturated heterocycles. The Morgan fingerprint density at radius 2 is 1.55 bits per heavy atom. The van der Waals surface area contributed by atoms with Crippen molar-refractivity contribution in [1.29, 1.82) is 0 Å². The smallest absolute Gasteiger partial charge is 0.271 e. The minimum atomic E-state index is -3.78. The van der Waals surface area contributed by atoms with Gasteiger partial charge in [-0.2, -0.15) is 5.10 Å². The fraction of sp³-hybridized carbons (Fsp3) is 0. The van der Waals surface area contributed by atoms with Crippen molar-refractivity contribution in [2.45, 2.75) is 4.90 Å². The van der Waals surface area contributed by atoms with Gasteiger partial charge in [-0.1, -0.05) is 15.9 Å². The van der Waals surface area contributed by atoms with Gasteiger partial charge in [0.25, 0.3) is 15.9 Å². The molecule has 0 atom stereocenters. The van der Waals surface area contributed by atoms with E-state index in [-0.39, 0.29) is 21.7 Å². The molecule has 0 aliphatic heterocycles. The lowest BCUT2D eigenvalue weighted by atomic mass is 10.2. The van der Waals surface area contributed by atoms with Crippen LogP contribution in [0.3, 0.4) is 0 Å². The van der Waals surface area contributed by atoms with Crippen LogP contribution in [0.2, 0.25) is 0 Å². The molecule has 5 N–H and O–H groups in total. The molecular formula is C20H16BrN3O6S. The molecule has 9 nitrogen and oxygen atoms in total. The topological polar surface area (TPSA) is 148 Å². The number of hydrogen-bond donors (Lipinski definition) is 5. The molecule has 1 amide bonds. The van der Waals surface area contributed by atoms with Gasteiger partial charge in [-0.3, -0.25) is 9.52 Å². The number of carbonyl (C=O) groups is 1. The number of nitrogens with zero attached hydrogens (tertiary/aromatic N) is 1. The zero-order chi connectivity index (χ0) is 22.6. The number of sulfonamides is 1. The molecule has 3 aromatic carbocycles. The van der Waals surface area contributed by atoms with Crippen LogP contribution in [0, 0.1) is 0 Å². The Balaban J connectivity index is 1.65. The summed E-state index contributed by atoms with van der Waals surface area (Å²) in [7, 11) is -3.78. The highest BCUT2D eigenvalue weighted by molar-refractivity contribution is 9.10.